The standard InChI is InChI=1S/C23H23F2N3O3/c1-13(2)29-12-15-6-4-8-17(10-15)30-22-19(24)14(3)20(25)23(28-22)31-18-9-5-7-16(11-18)21(26)27/h4-11,13H,12H2,1-3H3,(H3,26,27). The number of hydrogen-bond acceptors (Lipinski definition) is 5. The smallest absolute Gasteiger partial charge is 0.259 e. The number of ether oxygens (including phenoxy) is 3. The molecule has 0 aliphatic rings. The first-order valence-corrected chi connectivity index (χ1v) is 9.61. The number of nitrogens with one attached hydrogen (secondary N) is 1. The van der Waals surface area contributed by atoms with Crippen LogP contribution in [-0.4, -0.2) is 16.9 Å². The van der Waals surface area contributed by atoms with E-state index >= 15 is 0 Å². The van der Waals surface area contributed by atoms with E-state index < -0.39 is 23.4 Å². The Bertz CT molecular complexity index is 1100. The summed E-state index contributed by atoms with van der Waals surface area (Å²) in [5, 5.41) is 7.50. The lowest BCUT2D eigenvalue weighted by Crippen LogP contribution is -2.10. The maximum atomic E-state index is 14.6. The van der Waals surface area contributed by atoms with Gasteiger partial charge in [-0.1, -0.05) is 24.3 Å². The van der Waals surface area contributed by atoms with Crippen LogP contribution in [0.25, 0.3) is 0 Å². The van der Waals surface area contributed by atoms with Gasteiger partial charge in [0.2, 0.25) is 0 Å². The van der Waals surface area contributed by atoms with E-state index in [1.165, 1.54) is 13.0 Å². The van der Waals surface area contributed by atoms with Crippen molar-refractivity contribution in [3.8, 4) is 23.3 Å². The summed E-state index contributed by atoms with van der Waals surface area (Å²) >= 11 is 0. The number of aromatic nitrogens is 1. The Morgan fingerprint density at radius 3 is 2.16 bits per heavy atom. The second-order valence-electron chi connectivity index (χ2n) is 7.13. The third kappa shape index (κ3) is 5.55. The van der Waals surface area contributed by atoms with E-state index in [2.05, 4.69) is 4.98 Å². The molecule has 3 aromatic rings. The van der Waals surface area contributed by atoms with Gasteiger partial charge in [-0.3, -0.25) is 5.41 Å². The van der Waals surface area contributed by atoms with Crippen molar-refractivity contribution in [1.29, 1.82) is 5.41 Å². The molecular formula is C23H23F2N3O3. The topological polar surface area (TPSA) is 90.5 Å². The normalized spacial score (nSPS) is 10.9. The molecule has 31 heavy (non-hydrogen) atoms. The molecule has 0 saturated heterocycles. The minimum Gasteiger partial charge on any atom is -0.436 e. The third-order valence-corrected chi connectivity index (χ3v) is 4.29. The summed E-state index contributed by atoms with van der Waals surface area (Å²) in [6.45, 7) is 5.49. The SMILES string of the molecule is Cc1c(F)c(Oc2cccc(COC(C)C)c2)nc(Oc2cccc(C(=N)N)c2)c1F. The average Bonchev–Trinajstić information content (AvgIpc) is 2.74. The largest absolute Gasteiger partial charge is 0.436 e. The molecule has 0 amide bonds. The summed E-state index contributed by atoms with van der Waals surface area (Å²) in [6.07, 6.45) is 0.0599. The highest BCUT2D eigenvalue weighted by atomic mass is 19.1. The van der Waals surface area contributed by atoms with E-state index in [0.29, 0.717) is 17.9 Å². The van der Waals surface area contributed by atoms with Gasteiger partial charge in [0, 0.05) is 11.1 Å². The molecule has 6 nitrogen and oxygen atoms in total. The van der Waals surface area contributed by atoms with Crippen LogP contribution in [0.1, 0.15) is 30.5 Å². The molecule has 2 aromatic carbocycles. The summed E-state index contributed by atoms with van der Waals surface area (Å²) in [5.74, 6) is -2.38. The maximum Gasteiger partial charge on any atom is 0.259 e. The molecule has 3 N–H and O–H groups in total. The van der Waals surface area contributed by atoms with Crippen LogP contribution in [0, 0.1) is 24.0 Å². The molecule has 0 saturated carbocycles. The van der Waals surface area contributed by atoms with Crippen molar-refractivity contribution < 1.29 is 23.0 Å². The summed E-state index contributed by atoms with van der Waals surface area (Å²) in [4.78, 5) is 3.89. The highest BCUT2D eigenvalue weighted by Gasteiger charge is 2.21. The molecule has 0 spiro atoms. The third-order valence-electron chi connectivity index (χ3n) is 4.29. The lowest BCUT2D eigenvalue weighted by atomic mass is 10.2. The average molecular weight is 427 g/mol. The molecule has 0 unspecified atom stereocenters. The summed E-state index contributed by atoms with van der Waals surface area (Å²) in [5.41, 5.74) is 6.41. The molecule has 1 heterocycles. The van der Waals surface area contributed by atoms with Gasteiger partial charge in [0.1, 0.15) is 17.3 Å². The quantitative estimate of drug-likeness (QED) is 0.368. The van der Waals surface area contributed by atoms with E-state index in [4.69, 9.17) is 25.4 Å². The Hall–Kier alpha value is -3.52. The number of nitrogens with two attached hydrogens (primary N) is 1. The molecule has 0 aliphatic heterocycles. The van der Waals surface area contributed by atoms with Crippen molar-refractivity contribution in [2.75, 3.05) is 0 Å². The van der Waals surface area contributed by atoms with Gasteiger partial charge in [0.25, 0.3) is 11.8 Å². The van der Waals surface area contributed by atoms with Crippen LogP contribution in [0.3, 0.4) is 0 Å². The number of rotatable bonds is 8. The molecule has 0 bridgehead atoms. The first-order chi connectivity index (χ1) is 14.7. The zero-order chi connectivity index (χ0) is 22.5. The van der Waals surface area contributed by atoms with Crippen molar-refractivity contribution in [2.24, 2.45) is 5.73 Å². The van der Waals surface area contributed by atoms with Crippen LogP contribution in [-0.2, 0) is 11.3 Å². The first-order valence-electron chi connectivity index (χ1n) is 9.61. The van der Waals surface area contributed by atoms with E-state index in [1.54, 1.807) is 36.4 Å². The van der Waals surface area contributed by atoms with Gasteiger partial charge in [-0.25, -0.2) is 8.78 Å². The van der Waals surface area contributed by atoms with Gasteiger partial charge in [0.15, 0.2) is 11.6 Å². The second kappa shape index (κ2) is 9.53. The number of pyridine rings is 1. The number of benzene rings is 2. The maximum absolute atomic E-state index is 14.6. The lowest BCUT2D eigenvalue weighted by Gasteiger charge is -2.13. The van der Waals surface area contributed by atoms with Gasteiger partial charge in [0.05, 0.1) is 12.7 Å². The Labute approximate surface area is 179 Å². The lowest BCUT2D eigenvalue weighted by molar-refractivity contribution is 0.0656. The monoisotopic (exact) mass is 427 g/mol. The predicted octanol–water partition coefficient (Wildman–Crippen LogP) is 5.46. The minimum absolute atomic E-state index is 0.0599. The number of hydrogen-bond donors (Lipinski definition) is 2. The van der Waals surface area contributed by atoms with Crippen LogP contribution < -0.4 is 15.2 Å². The summed E-state index contributed by atoms with van der Waals surface area (Å²) in [7, 11) is 0. The molecule has 3 rings (SSSR count). The number of halogens is 2. The van der Waals surface area contributed by atoms with Crippen LogP contribution in [0.4, 0.5) is 8.78 Å². The van der Waals surface area contributed by atoms with E-state index in [1.807, 2.05) is 19.9 Å². The fraction of sp³-hybridized carbons (Fsp3) is 0.217. The molecule has 8 heteroatoms. The highest BCUT2D eigenvalue weighted by Crippen LogP contribution is 2.33. The zero-order valence-electron chi connectivity index (χ0n) is 17.4. The van der Waals surface area contributed by atoms with E-state index in [0.717, 1.165) is 5.56 Å². The zero-order valence-corrected chi connectivity index (χ0v) is 17.4. The van der Waals surface area contributed by atoms with Crippen molar-refractivity contribution in [3.05, 3.63) is 76.9 Å². The molecule has 0 atom stereocenters. The molecule has 162 valence electrons. The fourth-order valence-corrected chi connectivity index (χ4v) is 2.65. The fourth-order valence-electron chi connectivity index (χ4n) is 2.65. The molecule has 0 fully saturated rings. The molecular weight excluding hydrogens is 404 g/mol. The Morgan fingerprint density at radius 2 is 1.58 bits per heavy atom. The molecule has 0 radical (unpaired) electrons. The van der Waals surface area contributed by atoms with Crippen LogP contribution in [0.15, 0.2) is 48.5 Å². The number of nitrogens with zero attached hydrogens (tertiary/aromatic N) is 1. The second-order valence-corrected chi connectivity index (χ2v) is 7.13. The molecule has 1 aromatic heterocycles. The highest BCUT2D eigenvalue weighted by molar-refractivity contribution is 5.95. The van der Waals surface area contributed by atoms with Crippen LogP contribution in [0.2, 0.25) is 0 Å². The number of nitrogen functional groups attached to an aromatic ring is 1. The van der Waals surface area contributed by atoms with Crippen LogP contribution >= 0.6 is 0 Å². The van der Waals surface area contributed by atoms with Crippen molar-refractivity contribution in [1.82, 2.24) is 4.98 Å². The Balaban J connectivity index is 1.89. The Morgan fingerprint density at radius 1 is 1.00 bits per heavy atom. The van der Waals surface area contributed by atoms with Gasteiger partial charge in [-0.2, -0.15) is 4.98 Å². The summed E-state index contributed by atoms with van der Waals surface area (Å²) in [6, 6.07) is 13.1. The summed E-state index contributed by atoms with van der Waals surface area (Å²) < 4.78 is 45.9. The number of amidine groups is 1. The van der Waals surface area contributed by atoms with Crippen LogP contribution in [0.5, 0.6) is 23.3 Å². The Kier molecular flexibility index (Phi) is 6.81. The van der Waals surface area contributed by atoms with Gasteiger partial charge >= 0.3 is 0 Å². The van der Waals surface area contributed by atoms with Crippen molar-refractivity contribution >= 4 is 5.84 Å². The van der Waals surface area contributed by atoms with Gasteiger partial charge in [-0.15, -0.1) is 0 Å². The van der Waals surface area contributed by atoms with Crippen molar-refractivity contribution in [3.63, 3.8) is 0 Å². The van der Waals surface area contributed by atoms with E-state index in [-0.39, 0.29) is 23.3 Å². The van der Waals surface area contributed by atoms with E-state index in [9.17, 15) is 8.78 Å². The first kappa shape index (κ1) is 22.2. The molecule has 0 aliphatic carbocycles. The predicted molar refractivity (Wildman–Crippen MR) is 113 cm³/mol. The van der Waals surface area contributed by atoms with Gasteiger partial charge < -0.3 is 19.9 Å². The van der Waals surface area contributed by atoms with Crippen molar-refractivity contribution in [2.45, 2.75) is 33.5 Å². The minimum atomic E-state index is -0.947. The van der Waals surface area contributed by atoms with Gasteiger partial charge in [-0.05, 0) is 50.6 Å².